The monoisotopic (exact) mass is 384 g/mol. The SMILES string of the molecule is NCc1ccc(-c2cc(-[c-]3cccc3)nc(N)n2)cc1.[Fe].[cH-]1[cH-][cH-][cH-][cH-]1. The first-order chi connectivity index (χ1) is 12.3. The van der Waals surface area contributed by atoms with Crippen molar-refractivity contribution in [2.45, 2.75) is 6.54 Å². The van der Waals surface area contributed by atoms with Gasteiger partial charge in [-0.15, -0.1) is 12.1 Å². The van der Waals surface area contributed by atoms with Crippen molar-refractivity contribution in [1.29, 1.82) is 0 Å². The zero-order chi connectivity index (χ0) is 17.5. The fraction of sp³-hybridized carbons (Fsp3) is 0.0476. The third-order valence-electron chi connectivity index (χ3n) is 3.74. The van der Waals surface area contributed by atoms with Gasteiger partial charge in [0.2, 0.25) is 5.95 Å². The van der Waals surface area contributed by atoms with Crippen molar-refractivity contribution in [1.82, 2.24) is 9.97 Å². The predicted molar refractivity (Wildman–Crippen MR) is 103 cm³/mol. The standard InChI is InChI=1S/C16H15N4.C5H5.Fe/c17-10-11-5-7-13(8-6-11)15-9-14(19-16(18)20-15)12-3-1-2-4-12;1-2-4-5-3-1;/h1-9H,10,17H2,(H2,18,19,20);1-5H;/q-1;-5;. The van der Waals surface area contributed by atoms with E-state index < -0.39 is 0 Å². The third-order valence-corrected chi connectivity index (χ3v) is 3.74. The van der Waals surface area contributed by atoms with Crippen molar-refractivity contribution >= 4 is 5.95 Å². The average Bonchev–Trinajstić information content (AvgIpc) is 3.37. The maximum Gasteiger partial charge on any atom is 0.218 e. The van der Waals surface area contributed by atoms with Crippen molar-refractivity contribution in [3.05, 3.63) is 90.5 Å². The first-order valence-electron chi connectivity index (χ1n) is 8.09. The molecule has 4 N–H and O–H groups in total. The van der Waals surface area contributed by atoms with E-state index in [9.17, 15) is 0 Å². The van der Waals surface area contributed by atoms with Crippen LogP contribution in [-0.4, -0.2) is 9.97 Å². The van der Waals surface area contributed by atoms with E-state index in [-0.39, 0.29) is 23.0 Å². The van der Waals surface area contributed by atoms with Crippen molar-refractivity contribution < 1.29 is 17.1 Å². The minimum absolute atomic E-state index is 0. The summed E-state index contributed by atoms with van der Waals surface area (Å²) >= 11 is 0. The van der Waals surface area contributed by atoms with Crippen LogP contribution in [-0.2, 0) is 23.6 Å². The third kappa shape index (κ3) is 5.14. The topological polar surface area (TPSA) is 77.8 Å². The van der Waals surface area contributed by atoms with Gasteiger partial charge in [-0.2, -0.15) is 12.1 Å². The molecule has 0 spiro atoms. The normalized spacial score (nSPS) is 9.73. The van der Waals surface area contributed by atoms with E-state index in [2.05, 4.69) is 9.97 Å². The van der Waals surface area contributed by atoms with Gasteiger partial charge in [-0.3, -0.25) is 0 Å². The summed E-state index contributed by atoms with van der Waals surface area (Å²) < 4.78 is 0. The van der Waals surface area contributed by atoms with Gasteiger partial charge in [-0.05, 0) is 16.8 Å². The summed E-state index contributed by atoms with van der Waals surface area (Å²) in [6.07, 6.45) is 0. The van der Waals surface area contributed by atoms with Crippen LogP contribution in [0.3, 0.4) is 0 Å². The molecule has 0 saturated carbocycles. The molecular weight excluding hydrogens is 364 g/mol. The van der Waals surface area contributed by atoms with Crippen LogP contribution in [0.5, 0.6) is 0 Å². The number of nitrogens with zero attached hydrogens (tertiary/aromatic N) is 2. The molecule has 0 atom stereocenters. The Bertz CT molecular complexity index is 865. The molecule has 4 aromatic rings. The van der Waals surface area contributed by atoms with Crippen LogP contribution >= 0.6 is 0 Å². The molecule has 0 saturated heterocycles. The smallest absolute Gasteiger partial charge is 0.218 e. The minimum Gasteiger partial charge on any atom is -0.748 e. The Kier molecular flexibility index (Phi) is 7.30. The largest absolute Gasteiger partial charge is 0.748 e. The fourth-order valence-corrected chi connectivity index (χ4v) is 2.44. The molecule has 0 bridgehead atoms. The minimum atomic E-state index is 0. The van der Waals surface area contributed by atoms with Gasteiger partial charge in [-0.1, -0.05) is 35.9 Å². The molecule has 5 heteroatoms. The van der Waals surface area contributed by atoms with E-state index in [1.165, 1.54) is 0 Å². The Balaban J connectivity index is 0.000000351. The number of hydrogen-bond acceptors (Lipinski definition) is 4. The number of anilines is 1. The van der Waals surface area contributed by atoms with E-state index in [1.807, 2.05) is 84.9 Å². The second kappa shape index (κ2) is 9.68. The molecule has 0 radical (unpaired) electrons. The maximum atomic E-state index is 5.82. The Morgan fingerprint density at radius 3 is 2.00 bits per heavy atom. The van der Waals surface area contributed by atoms with Crippen LogP contribution < -0.4 is 11.5 Å². The van der Waals surface area contributed by atoms with E-state index in [0.29, 0.717) is 6.54 Å². The molecule has 0 aliphatic heterocycles. The van der Waals surface area contributed by atoms with Gasteiger partial charge in [0.05, 0.1) is 0 Å². The van der Waals surface area contributed by atoms with Crippen LogP contribution in [0.4, 0.5) is 5.95 Å². The van der Waals surface area contributed by atoms with E-state index in [1.54, 1.807) is 0 Å². The number of nitrogen functional groups attached to an aromatic ring is 1. The molecule has 4 nitrogen and oxygen atoms in total. The summed E-state index contributed by atoms with van der Waals surface area (Å²) in [5.41, 5.74) is 16.2. The molecule has 3 aromatic carbocycles. The number of aromatic nitrogens is 2. The molecule has 26 heavy (non-hydrogen) atoms. The Labute approximate surface area is 164 Å². The Morgan fingerprint density at radius 2 is 1.46 bits per heavy atom. The molecule has 1 heterocycles. The molecular formula is C21H20FeN4-6. The van der Waals surface area contributed by atoms with Crippen LogP contribution in [0, 0.1) is 0 Å². The average molecular weight is 384 g/mol. The number of hydrogen-bond donors (Lipinski definition) is 2. The van der Waals surface area contributed by atoms with Crippen LogP contribution in [0.1, 0.15) is 5.56 Å². The Morgan fingerprint density at radius 1 is 0.885 bits per heavy atom. The zero-order valence-corrected chi connectivity index (χ0v) is 15.3. The second-order valence-electron chi connectivity index (χ2n) is 5.53. The van der Waals surface area contributed by atoms with Crippen molar-refractivity contribution in [2.75, 3.05) is 5.73 Å². The van der Waals surface area contributed by atoms with Crippen molar-refractivity contribution in [3.8, 4) is 22.5 Å². The summed E-state index contributed by atoms with van der Waals surface area (Å²) in [7, 11) is 0. The molecule has 0 aliphatic carbocycles. The van der Waals surface area contributed by atoms with Gasteiger partial charge in [-0.25, -0.2) is 9.97 Å². The first-order valence-corrected chi connectivity index (χ1v) is 8.09. The van der Waals surface area contributed by atoms with Gasteiger partial charge in [0.1, 0.15) is 0 Å². The second-order valence-corrected chi connectivity index (χ2v) is 5.53. The molecule has 138 valence electrons. The van der Waals surface area contributed by atoms with E-state index in [4.69, 9.17) is 11.5 Å². The maximum absolute atomic E-state index is 5.82. The van der Waals surface area contributed by atoms with Crippen LogP contribution in [0.25, 0.3) is 22.5 Å². The van der Waals surface area contributed by atoms with Crippen LogP contribution in [0.15, 0.2) is 84.9 Å². The summed E-state index contributed by atoms with van der Waals surface area (Å²) in [6.45, 7) is 0.533. The molecule has 0 unspecified atom stereocenters. The zero-order valence-electron chi connectivity index (χ0n) is 14.2. The predicted octanol–water partition coefficient (Wildman–Crippen LogP) is 3.97. The quantitative estimate of drug-likeness (QED) is 0.414. The van der Waals surface area contributed by atoms with E-state index >= 15 is 0 Å². The van der Waals surface area contributed by atoms with Crippen molar-refractivity contribution in [2.24, 2.45) is 5.73 Å². The number of rotatable bonds is 3. The summed E-state index contributed by atoms with van der Waals surface area (Å²) in [5.74, 6) is 0.279. The van der Waals surface area contributed by atoms with E-state index in [0.717, 1.165) is 28.1 Å². The molecule has 0 amide bonds. The van der Waals surface area contributed by atoms with Crippen molar-refractivity contribution in [3.63, 3.8) is 0 Å². The van der Waals surface area contributed by atoms with Gasteiger partial charge in [0.15, 0.2) is 0 Å². The van der Waals surface area contributed by atoms with Gasteiger partial charge < -0.3 is 41.8 Å². The van der Waals surface area contributed by atoms with Gasteiger partial charge in [0.25, 0.3) is 0 Å². The van der Waals surface area contributed by atoms with Gasteiger partial charge >= 0.3 is 0 Å². The summed E-state index contributed by atoms with van der Waals surface area (Å²) in [4.78, 5) is 8.59. The molecule has 4 rings (SSSR count). The Hall–Kier alpha value is -2.72. The molecule has 0 aliphatic rings. The fourth-order valence-electron chi connectivity index (χ4n) is 2.44. The van der Waals surface area contributed by atoms with Crippen LogP contribution in [0.2, 0.25) is 0 Å². The number of benzene rings is 1. The van der Waals surface area contributed by atoms with Gasteiger partial charge in [0, 0.05) is 29.3 Å². The summed E-state index contributed by atoms with van der Waals surface area (Å²) in [5, 5.41) is 0. The molecule has 0 fully saturated rings. The number of nitrogens with two attached hydrogens (primary N) is 2. The first kappa shape index (κ1) is 19.6. The summed E-state index contributed by atoms with van der Waals surface area (Å²) in [6, 6.07) is 27.9. The molecule has 1 aromatic heterocycles.